The molecule has 0 aliphatic carbocycles. The molecule has 3 aromatic rings. The molecule has 2 N–H and O–H groups in total. The highest BCUT2D eigenvalue weighted by molar-refractivity contribution is 5.99. The van der Waals surface area contributed by atoms with Gasteiger partial charge in [0.2, 0.25) is 5.91 Å². The van der Waals surface area contributed by atoms with Crippen molar-refractivity contribution in [3.63, 3.8) is 0 Å². The van der Waals surface area contributed by atoms with E-state index in [9.17, 15) is 14.4 Å². The normalized spacial score (nSPS) is 12.3. The Hall–Kier alpha value is -4.77. The Bertz CT molecular complexity index is 1460. The zero-order chi connectivity index (χ0) is 33.5. The number of unbranched alkanes of at least 4 members (excludes halogenated alkanes) is 4. The van der Waals surface area contributed by atoms with Crippen LogP contribution in [-0.4, -0.2) is 48.1 Å². The third kappa shape index (κ3) is 11.0. The molecule has 46 heavy (non-hydrogen) atoms. The number of ether oxygens (including phenoxy) is 2. The number of hydrogen-bond acceptors (Lipinski definition) is 5. The molecule has 8 heteroatoms. The van der Waals surface area contributed by atoms with Gasteiger partial charge in [0, 0.05) is 24.2 Å². The molecule has 244 valence electrons. The van der Waals surface area contributed by atoms with Crippen molar-refractivity contribution in [2.24, 2.45) is 0 Å². The van der Waals surface area contributed by atoms with Crippen LogP contribution in [0.25, 0.3) is 0 Å². The minimum Gasteiger partial charge on any atom is -0.497 e. The molecular weight excluding hydrogens is 578 g/mol. The first kappa shape index (κ1) is 35.7. The summed E-state index contributed by atoms with van der Waals surface area (Å²) >= 11 is 0. The Kier molecular flexibility index (Phi) is 13.7. The molecule has 0 spiro atoms. The highest BCUT2D eigenvalue weighted by Gasteiger charge is 2.37. The van der Waals surface area contributed by atoms with Gasteiger partial charge in [0.15, 0.2) is 0 Å². The first-order chi connectivity index (χ1) is 22.1. The van der Waals surface area contributed by atoms with Gasteiger partial charge < -0.3 is 25.0 Å². The Labute approximate surface area is 273 Å². The maximum atomic E-state index is 14.7. The zero-order valence-corrected chi connectivity index (χ0v) is 27.7. The molecule has 0 saturated heterocycles. The van der Waals surface area contributed by atoms with Crippen LogP contribution in [0.4, 0.5) is 10.5 Å². The number of amides is 3. The van der Waals surface area contributed by atoms with E-state index in [2.05, 4.69) is 23.5 Å². The number of alkyl carbamates (subject to hydrolysis) is 1. The average Bonchev–Trinajstić information content (AvgIpc) is 3.03. The van der Waals surface area contributed by atoms with Gasteiger partial charge in [0.05, 0.1) is 7.11 Å². The second-order valence-electron chi connectivity index (χ2n) is 12.2. The van der Waals surface area contributed by atoms with Crippen LogP contribution in [0.15, 0.2) is 78.9 Å². The van der Waals surface area contributed by atoms with E-state index in [1.165, 1.54) is 0 Å². The highest BCUT2D eigenvalue weighted by Crippen LogP contribution is 2.29. The van der Waals surface area contributed by atoms with Crippen LogP contribution in [0.5, 0.6) is 5.75 Å². The molecule has 8 nitrogen and oxygen atoms in total. The lowest BCUT2D eigenvalue weighted by molar-refractivity contribution is -0.140. The molecule has 3 rings (SSSR count). The van der Waals surface area contributed by atoms with Crippen molar-refractivity contribution in [1.82, 2.24) is 10.2 Å². The smallest absolute Gasteiger partial charge is 0.408 e. The lowest BCUT2D eigenvalue weighted by atomic mass is 9.96. The lowest BCUT2D eigenvalue weighted by Gasteiger charge is -2.35. The fourth-order valence-corrected chi connectivity index (χ4v) is 5.15. The Balaban J connectivity index is 2.09. The molecule has 0 saturated carbocycles. The lowest BCUT2D eigenvalue weighted by Crippen LogP contribution is -2.53. The van der Waals surface area contributed by atoms with Gasteiger partial charge in [-0.2, -0.15) is 0 Å². The largest absolute Gasteiger partial charge is 0.497 e. The summed E-state index contributed by atoms with van der Waals surface area (Å²) in [6.07, 6.45) is 10.1. The quantitative estimate of drug-likeness (QED) is 0.137. The van der Waals surface area contributed by atoms with Gasteiger partial charge >= 0.3 is 6.09 Å². The van der Waals surface area contributed by atoms with Crippen LogP contribution in [0, 0.1) is 12.3 Å². The number of anilines is 1. The Morgan fingerprint density at radius 2 is 1.54 bits per heavy atom. The second-order valence-corrected chi connectivity index (χ2v) is 12.2. The summed E-state index contributed by atoms with van der Waals surface area (Å²) in [4.78, 5) is 43.6. The van der Waals surface area contributed by atoms with E-state index in [-0.39, 0.29) is 13.0 Å². The number of methoxy groups -OCH3 is 1. The van der Waals surface area contributed by atoms with Gasteiger partial charge in [0.1, 0.15) is 23.4 Å². The van der Waals surface area contributed by atoms with Crippen molar-refractivity contribution in [1.29, 1.82) is 0 Å². The van der Waals surface area contributed by atoms with Crippen molar-refractivity contribution in [3.8, 4) is 18.1 Å². The predicted molar refractivity (Wildman–Crippen MR) is 183 cm³/mol. The number of carbonyl (C=O) groups is 3. The molecule has 2 atom stereocenters. The average molecular weight is 626 g/mol. The molecule has 2 unspecified atom stereocenters. The van der Waals surface area contributed by atoms with E-state index >= 15 is 0 Å². The van der Waals surface area contributed by atoms with E-state index in [4.69, 9.17) is 15.9 Å². The fraction of sp³-hybridized carbons (Fsp3) is 0.395. The second kappa shape index (κ2) is 17.6. The third-order valence-electron chi connectivity index (χ3n) is 7.39. The summed E-state index contributed by atoms with van der Waals surface area (Å²) < 4.78 is 10.8. The van der Waals surface area contributed by atoms with Crippen LogP contribution >= 0.6 is 0 Å². The molecule has 0 heterocycles. The van der Waals surface area contributed by atoms with E-state index < -0.39 is 35.6 Å². The Morgan fingerprint density at radius 1 is 0.891 bits per heavy atom. The maximum absolute atomic E-state index is 14.7. The van der Waals surface area contributed by atoms with Crippen LogP contribution in [-0.2, 0) is 20.7 Å². The molecule has 0 bridgehead atoms. The van der Waals surface area contributed by atoms with Crippen molar-refractivity contribution in [2.75, 3.05) is 19.0 Å². The highest BCUT2D eigenvalue weighted by atomic mass is 16.6. The van der Waals surface area contributed by atoms with Gasteiger partial charge in [-0.25, -0.2) is 4.79 Å². The number of rotatable bonds is 15. The topological polar surface area (TPSA) is 97.0 Å². The van der Waals surface area contributed by atoms with Crippen LogP contribution in [0.3, 0.4) is 0 Å². The van der Waals surface area contributed by atoms with E-state index in [1.54, 1.807) is 81.3 Å². The predicted octanol–water partition coefficient (Wildman–Crippen LogP) is 7.29. The monoisotopic (exact) mass is 625 g/mol. The first-order valence-corrected chi connectivity index (χ1v) is 15.9. The van der Waals surface area contributed by atoms with Crippen molar-refractivity contribution >= 4 is 23.6 Å². The van der Waals surface area contributed by atoms with Crippen molar-refractivity contribution in [2.45, 2.75) is 83.9 Å². The van der Waals surface area contributed by atoms with Crippen molar-refractivity contribution < 1.29 is 23.9 Å². The van der Waals surface area contributed by atoms with Crippen LogP contribution in [0.2, 0.25) is 0 Å². The van der Waals surface area contributed by atoms with E-state index in [0.29, 0.717) is 29.0 Å². The molecule has 0 aliphatic rings. The van der Waals surface area contributed by atoms with Gasteiger partial charge in [-0.3, -0.25) is 9.59 Å². The minimum atomic E-state index is -1.08. The number of hydrogen-bond donors (Lipinski definition) is 2. The molecular formula is C38H47N3O5. The van der Waals surface area contributed by atoms with E-state index in [1.807, 2.05) is 30.3 Å². The fourth-order valence-electron chi connectivity index (χ4n) is 5.15. The summed E-state index contributed by atoms with van der Waals surface area (Å²) in [6.45, 7) is 7.71. The maximum Gasteiger partial charge on any atom is 0.408 e. The molecule has 0 fully saturated rings. The van der Waals surface area contributed by atoms with E-state index in [0.717, 1.165) is 31.2 Å². The van der Waals surface area contributed by atoms with Gasteiger partial charge in [-0.15, -0.1) is 6.42 Å². The molecule has 0 radical (unpaired) electrons. The summed E-state index contributed by atoms with van der Waals surface area (Å²) in [6, 6.07) is 21.5. The third-order valence-corrected chi connectivity index (χ3v) is 7.39. The molecule has 0 aliphatic heterocycles. The number of terminal acetylenes is 1. The van der Waals surface area contributed by atoms with Gasteiger partial charge in [0.25, 0.3) is 5.91 Å². The molecule has 0 aromatic heterocycles. The minimum absolute atomic E-state index is 0.203. The van der Waals surface area contributed by atoms with Crippen LogP contribution in [0.1, 0.15) is 82.5 Å². The number of nitrogens with zero attached hydrogens (tertiary/aromatic N) is 1. The standard InChI is InChI=1S/C38H47N3O5/c1-7-9-10-11-17-26-41(36(43)33(27-28-18-13-12-14-19-28)40-37(44)46-38(3,4)5)34(32-21-16-15-20-29(32)8-2)35(42)39-30-22-24-31(45-6)25-23-30/h2,12-16,18-25,33-34H,7,9-11,17,26-27H2,1,3-6H3,(H,39,42)(H,40,44). The van der Waals surface area contributed by atoms with Crippen LogP contribution < -0.4 is 15.4 Å². The van der Waals surface area contributed by atoms with Gasteiger partial charge in [-0.05, 0) is 68.7 Å². The SMILES string of the molecule is C#Cc1ccccc1C(C(=O)Nc1ccc(OC)cc1)N(CCCCCCC)C(=O)C(Cc1ccccc1)NC(=O)OC(C)(C)C. The molecule has 3 aromatic carbocycles. The first-order valence-electron chi connectivity index (χ1n) is 15.9. The summed E-state index contributed by atoms with van der Waals surface area (Å²) in [5, 5.41) is 5.79. The number of benzene rings is 3. The Morgan fingerprint density at radius 3 is 2.17 bits per heavy atom. The summed E-state index contributed by atoms with van der Waals surface area (Å²) in [5.41, 5.74) is 1.64. The zero-order valence-electron chi connectivity index (χ0n) is 27.7. The number of carbonyl (C=O) groups excluding carboxylic acids is 3. The summed E-state index contributed by atoms with van der Waals surface area (Å²) in [7, 11) is 1.57. The van der Waals surface area contributed by atoms with Crippen molar-refractivity contribution in [3.05, 3.63) is 95.6 Å². The summed E-state index contributed by atoms with van der Waals surface area (Å²) in [5.74, 6) is 2.50. The number of nitrogens with one attached hydrogen (secondary N) is 2. The van der Waals surface area contributed by atoms with Gasteiger partial charge in [-0.1, -0.05) is 87.1 Å². The molecule has 3 amide bonds.